The van der Waals surface area contributed by atoms with E-state index in [4.69, 9.17) is 14.2 Å². The molecule has 1 heterocycles. The van der Waals surface area contributed by atoms with Crippen LogP contribution in [0.2, 0.25) is 0 Å². The van der Waals surface area contributed by atoms with Crippen LogP contribution in [0.25, 0.3) is 11.3 Å². The van der Waals surface area contributed by atoms with E-state index in [0.29, 0.717) is 28.8 Å². The molecule has 0 saturated heterocycles. The predicted molar refractivity (Wildman–Crippen MR) is 121 cm³/mol. The molecule has 3 rings (SSSR count). The summed E-state index contributed by atoms with van der Waals surface area (Å²) in [6, 6.07) is 10.3. The lowest BCUT2D eigenvalue weighted by Crippen LogP contribution is -2.00. The van der Waals surface area contributed by atoms with E-state index in [0.717, 1.165) is 17.7 Å². The highest BCUT2D eigenvalue weighted by Crippen LogP contribution is 2.33. The van der Waals surface area contributed by atoms with Gasteiger partial charge in [-0.25, -0.2) is 4.98 Å². The van der Waals surface area contributed by atoms with Gasteiger partial charge in [-0.1, -0.05) is 6.92 Å². The largest absolute Gasteiger partial charge is 0.493 e. The average Bonchev–Trinajstić information content (AvgIpc) is 3.26. The molecular weight excluding hydrogens is 420 g/mol. The maximum Gasteiger partial charge on any atom is 0.311 e. The number of benzene rings is 2. The van der Waals surface area contributed by atoms with Gasteiger partial charge >= 0.3 is 5.69 Å². The van der Waals surface area contributed by atoms with Crippen LogP contribution < -0.4 is 19.6 Å². The molecule has 0 unspecified atom stereocenters. The van der Waals surface area contributed by atoms with Gasteiger partial charge in [0.1, 0.15) is 0 Å². The molecule has 3 aromatic rings. The summed E-state index contributed by atoms with van der Waals surface area (Å²) in [5, 5.41) is 17.9. The van der Waals surface area contributed by atoms with E-state index in [1.54, 1.807) is 26.4 Å². The normalized spacial score (nSPS) is 10.8. The van der Waals surface area contributed by atoms with Crippen molar-refractivity contribution in [3.8, 4) is 28.5 Å². The Morgan fingerprint density at radius 3 is 2.65 bits per heavy atom. The van der Waals surface area contributed by atoms with Crippen LogP contribution in [0.3, 0.4) is 0 Å². The number of hydrogen-bond acceptors (Lipinski definition) is 9. The van der Waals surface area contributed by atoms with Gasteiger partial charge in [0.05, 0.1) is 37.7 Å². The van der Waals surface area contributed by atoms with E-state index in [2.05, 4.69) is 15.5 Å². The van der Waals surface area contributed by atoms with Crippen molar-refractivity contribution in [1.82, 2.24) is 4.98 Å². The minimum atomic E-state index is -0.466. The van der Waals surface area contributed by atoms with Gasteiger partial charge in [0.15, 0.2) is 17.2 Å². The summed E-state index contributed by atoms with van der Waals surface area (Å²) in [6.45, 7) is 2.36. The van der Waals surface area contributed by atoms with E-state index in [1.807, 2.05) is 30.5 Å². The number of nitro benzene ring substituents is 1. The fourth-order valence-electron chi connectivity index (χ4n) is 2.71. The number of rotatable bonds is 10. The molecule has 1 N–H and O–H groups in total. The molecule has 0 fully saturated rings. The number of aromatic nitrogens is 1. The van der Waals surface area contributed by atoms with E-state index < -0.39 is 4.92 Å². The lowest BCUT2D eigenvalue weighted by molar-refractivity contribution is -0.385. The highest BCUT2D eigenvalue weighted by atomic mass is 32.1. The molecule has 9 nitrogen and oxygen atoms in total. The third kappa shape index (κ3) is 5.48. The van der Waals surface area contributed by atoms with Crippen LogP contribution in [0.5, 0.6) is 17.2 Å². The lowest BCUT2D eigenvalue weighted by Gasteiger charge is -2.08. The van der Waals surface area contributed by atoms with E-state index in [9.17, 15) is 10.1 Å². The smallest absolute Gasteiger partial charge is 0.311 e. The molecule has 0 spiro atoms. The molecule has 0 aliphatic carbocycles. The van der Waals surface area contributed by atoms with Gasteiger partial charge in [0.2, 0.25) is 5.13 Å². The summed E-state index contributed by atoms with van der Waals surface area (Å²) in [5.74, 6) is 1.51. The Hall–Kier alpha value is -3.66. The van der Waals surface area contributed by atoms with E-state index >= 15 is 0 Å². The number of methoxy groups -OCH3 is 2. The zero-order chi connectivity index (χ0) is 22.2. The fraction of sp³-hybridized carbons (Fsp3) is 0.238. The summed E-state index contributed by atoms with van der Waals surface area (Å²) in [5.41, 5.74) is 4.97. The zero-order valence-electron chi connectivity index (χ0n) is 17.3. The van der Waals surface area contributed by atoms with Crippen molar-refractivity contribution >= 4 is 28.4 Å². The lowest BCUT2D eigenvalue weighted by atomic mass is 10.1. The second-order valence-electron chi connectivity index (χ2n) is 6.31. The number of thiazole rings is 1. The van der Waals surface area contributed by atoms with Crippen molar-refractivity contribution in [1.29, 1.82) is 0 Å². The highest BCUT2D eigenvalue weighted by molar-refractivity contribution is 7.14. The Balaban J connectivity index is 1.70. The molecule has 0 aliphatic heterocycles. The number of ether oxygens (including phenoxy) is 3. The fourth-order valence-corrected chi connectivity index (χ4v) is 3.38. The molecule has 31 heavy (non-hydrogen) atoms. The van der Waals surface area contributed by atoms with Gasteiger partial charge in [-0.2, -0.15) is 5.10 Å². The Kier molecular flexibility index (Phi) is 7.39. The van der Waals surface area contributed by atoms with Gasteiger partial charge in [-0.05, 0) is 36.8 Å². The average molecular weight is 442 g/mol. The summed E-state index contributed by atoms with van der Waals surface area (Å²) in [6.07, 6.45) is 2.26. The maximum absolute atomic E-state index is 11.3. The van der Waals surface area contributed by atoms with Gasteiger partial charge in [0.25, 0.3) is 0 Å². The summed E-state index contributed by atoms with van der Waals surface area (Å²) >= 11 is 1.39. The van der Waals surface area contributed by atoms with Gasteiger partial charge in [0, 0.05) is 22.6 Å². The maximum atomic E-state index is 11.3. The van der Waals surface area contributed by atoms with Crippen molar-refractivity contribution in [2.45, 2.75) is 13.3 Å². The van der Waals surface area contributed by atoms with Crippen LogP contribution in [0.4, 0.5) is 10.8 Å². The molecule has 1 aromatic heterocycles. The SMILES string of the molecule is CCCOc1ccc(/C=N\Nc2nc(-c3ccc(OC)c(OC)c3)cs2)cc1[N+](=O)[O-]. The monoisotopic (exact) mass is 442 g/mol. The van der Waals surface area contributed by atoms with Gasteiger partial charge < -0.3 is 14.2 Å². The first-order valence-corrected chi connectivity index (χ1v) is 10.3. The van der Waals surface area contributed by atoms with Gasteiger partial charge in [-0.3, -0.25) is 15.5 Å². The molecule has 0 saturated carbocycles. The van der Waals surface area contributed by atoms with Crippen molar-refractivity contribution in [2.75, 3.05) is 26.3 Å². The van der Waals surface area contributed by atoms with Crippen LogP contribution in [0.15, 0.2) is 46.9 Å². The summed E-state index contributed by atoms with van der Waals surface area (Å²) in [4.78, 5) is 15.3. The minimum Gasteiger partial charge on any atom is -0.493 e. The minimum absolute atomic E-state index is 0.0950. The molecule has 0 amide bonds. The Labute approximate surface area is 183 Å². The molecule has 0 radical (unpaired) electrons. The van der Waals surface area contributed by atoms with Gasteiger partial charge in [-0.15, -0.1) is 11.3 Å². The standard InChI is InChI=1S/C21H22N4O5S/c1-4-9-30-18-7-5-14(10-17(18)25(26)27)12-22-24-21-23-16(13-31-21)15-6-8-19(28-2)20(11-15)29-3/h5-8,10-13H,4,9H2,1-3H3,(H,23,24)/b22-12-. The molecule has 0 atom stereocenters. The summed E-state index contributed by atoms with van der Waals surface area (Å²) < 4.78 is 16.0. The molecular formula is C21H22N4O5S. The molecule has 10 heteroatoms. The first-order valence-electron chi connectivity index (χ1n) is 9.44. The number of hydrazone groups is 1. The van der Waals surface area contributed by atoms with E-state index in [-0.39, 0.29) is 11.4 Å². The molecule has 0 bridgehead atoms. The predicted octanol–water partition coefficient (Wildman–Crippen LogP) is 4.97. The van der Waals surface area contributed by atoms with Crippen LogP contribution in [-0.2, 0) is 0 Å². The van der Waals surface area contributed by atoms with Crippen LogP contribution >= 0.6 is 11.3 Å². The van der Waals surface area contributed by atoms with Crippen molar-refractivity contribution in [3.05, 3.63) is 57.5 Å². The number of anilines is 1. The molecule has 2 aromatic carbocycles. The molecule has 162 valence electrons. The third-order valence-corrected chi connectivity index (χ3v) is 4.95. The Bertz CT molecular complexity index is 1080. The zero-order valence-corrected chi connectivity index (χ0v) is 18.1. The highest BCUT2D eigenvalue weighted by Gasteiger charge is 2.15. The van der Waals surface area contributed by atoms with Crippen molar-refractivity contribution in [3.63, 3.8) is 0 Å². The Morgan fingerprint density at radius 1 is 1.16 bits per heavy atom. The topological polar surface area (TPSA) is 108 Å². The van der Waals surface area contributed by atoms with E-state index in [1.165, 1.54) is 23.6 Å². The number of hydrogen-bond donors (Lipinski definition) is 1. The third-order valence-electron chi connectivity index (χ3n) is 4.20. The molecule has 0 aliphatic rings. The first kappa shape index (κ1) is 22.0. The second kappa shape index (κ2) is 10.4. The summed E-state index contributed by atoms with van der Waals surface area (Å²) in [7, 11) is 3.16. The van der Waals surface area contributed by atoms with Crippen molar-refractivity contribution in [2.24, 2.45) is 5.10 Å². The first-order chi connectivity index (χ1) is 15.0. The number of nitrogens with zero attached hydrogens (tertiary/aromatic N) is 3. The van der Waals surface area contributed by atoms with Crippen molar-refractivity contribution < 1.29 is 19.1 Å². The van der Waals surface area contributed by atoms with Crippen LogP contribution in [0.1, 0.15) is 18.9 Å². The Morgan fingerprint density at radius 2 is 1.94 bits per heavy atom. The number of nitrogens with one attached hydrogen (secondary N) is 1. The van der Waals surface area contributed by atoms with Crippen LogP contribution in [-0.4, -0.2) is 36.9 Å². The number of nitro groups is 1. The second-order valence-corrected chi connectivity index (χ2v) is 7.17. The quantitative estimate of drug-likeness (QED) is 0.268. The van der Waals surface area contributed by atoms with Crippen LogP contribution in [0, 0.1) is 10.1 Å².